The molecule has 1 amide bonds. The third-order valence-electron chi connectivity index (χ3n) is 4.66. The summed E-state index contributed by atoms with van der Waals surface area (Å²) in [4.78, 5) is 18.6. The number of alkyl halides is 1. The lowest BCUT2D eigenvalue weighted by Gasteiger charge is -2.28. The Hall–Kier alpha value is -2.49. The van der Waals surface area contributed by atoms with Gasteiger partial charge in [-0.25, -0.2) is 13.8 Å². The number of hydrogen-bond acceptors (Lipinski definition) is 3. The summed E-state index contributed by atoms with van der Waals surface area (Å²) in [5.74, 6) is 0.946. The van der Waals surface area contributed by atoms with Crippen LogP contribution in [-0.4, -0.2) is 31.3 Å². The van der Waals surface area contributed by atoms with Crippen LogP contribution in [0.3, 0.4) is 0 Å². The van der Waals surface area contributed by atoms with Crippen LogP contribution in [0.5, 0.6) is 0 Å². The van der Waals surface area contributed by atoms with E-state index in [1.807, 2.05) is 4.57 Å². The van der Waals surface area contributed by atoms with Crippen molar-refractivity contribution < 1.29 is 13.6 Å². The largest absolute Gasteiger partial charge is 0.340 e. The number of hydrogen-bond donors (Lipinski definition) is 1. The molecule has 0 spiro atoms. The molecule has 0 bridgehead atoms. The zero-order valence-electron chi connectivity index (χ0n) is 14.8. The number of benzene rings is 2. The van der Waals surface area contributed by atoms with Gasteiger partial charge >= 0.3 is 0 Å². The average molecular weight is 494 g/mol. The number of anilines is 2. The number of imidazole rings is 1. The minimum Gasteiger partial charge on any atom is -0.340 e. The van der Waals surface area contributed by atoms with Gasteiger partial charge in [0.25, 0.3) is 0 Å². The summed E-state index contributed by atoms with van der Waals surface area (Å²) in [5.41, 5.74) is 2.15. The van der Waals surface area contributed by atoms with E-state index in [2.05, 4.69) is 27.9 Å². The maximum Gasteiger partial charge on any atom is 0.232 e. The Balaban J connectivity index is 1.76. The molecule has 2 heterocycles. The standard InChI is InChI=1S/C20H17F2IN4O/c21-14-3-1-13(2-4-14)19-20(24-16-7-5-15(22)6-8-16)27-10-9-26(18(28)11-23)12-17(27)25-19/h1-8,24H,9-12H2. The quantitative estimate of drug-likeness (QED) is 0.434. The lowest BCUT2D eigenvalue weighted by molar-refractivity contribution is -0.129. The number of amides is 1. The molecule has 144 valence electrons. The Morgan fingerprint density at radius 1 is 1.04 bits per heavy atom. The fraction of sp³-hybridized carbons (Fsp3) is 0.200. The Kier molecular flexibility index (Phi) is 5.29. The molecule has 0 unspecified atom stereocenters. The fourth-order valence-corrected chi connectivity index (χ4v) is 3.72. The molecule has 8 heteroatoms. The molecule has 0 saturated carbocycles. The molecule has 2 aromatic carbocycles. The van der Waals surface area contributed by atoms with Gasteiger partial charge in [0.15, 0.2) is 0 Å². The summed E-state index contributed by atoms with van der Waals surface area (Å²) in [7, 11) is 0. The van der Waals surface area contributed by atoms with Crippen molar-refractivity contribution in [1.29, 1.82) is 0 Å². The van der Waals surface area contributed by atoms with Crippen LogP contribution in [0.15, 0.2) is 48.5 Å². The Morgan fingerprint density at radius 2 is 1.68 bits per heavy atom. The molecular weight excluding hydrogens is 477 g/mol. The van der Waals surface area contributed by atoms with E-state index in [0.29, 0.717) is 29.8 Å². The zero-order chi connectivity index (χ0) is 19.7. The highest BCUT2D eigenvalue weighted by Crippen LogP contribution is 2.33. The zero-order valence-corrected chi connectivity index (χ0v) is 17.0. The van der Waals surface area contributed by atoms with E-state index in [4.69, 9.17) is 4.98 Å². The van der Waals surface area contributed by atoms with Crippen LogP contribution in [0, 0.1) is 11.6 Å². The van der Waals surface area contributed by atoms with E-state index in [0.717, 1.165) is 22.9 Å². The molecule has 0 aliphatic carbocycles. The molecular formula is C20H17F2IN4O. The summed E-state index contributed by atoms with van der Waals surface area (Å²) in [6.07, 6.45) is 0. The summed E-state index contributed by atoms with van der Waals surface area (Å²) < 4.78 is 29.1. The van der Waals surface area contributed by atoms with Gasteiger partial charge in [-0.15, -0.1) is 0 Å². The first-order valence-corrected chi connectivity index (χ1v) is 10.3. The van der Waals surface area contributed by atoms with Crippen molar-refractivity contribution in [3.8, 4) is 11.3 Å². The minimum absolute atomic E-state index is 0.0752. The molecule has 0 radical (unpaired) electrons. The molecule has 1 aliphatic heterocycles. The summed E-state index contributed by atoms with van der Waals surface area (Å²) in [6, 6.07) is 12.2. The number of carbonyl (C=O) groups is 1. The SMILES string of the molecule is O=C(CI)N1CCn2c(nc(-c3ccc(F)cc3)c2Nc2ccc(F)cc2)C1. The van der Waals surface area contributed by atoms with Crippen molar-refractivity contribution in [2.75, 3.05) is 16.3 Å². The Morgan fingerprint density at radius 3 is 2.32 bits per heavy atom. The van der Waals surface area contributed by atoms with Gasteiger partial charge < -0.3 is 14.8 Å². The van der Waals surface area contributed by atoms with Gasteiger partial charge in [-0.2, -0.15) is 0 Å². The smallest absolute Gasteiger partial charge is 0.232 e. The highest BCUT2D eigenvalue weighted by atomic mass is 127. The van der Waals surface area contributed by atoms with E-state index < -0.39 is 0 Å². The molecule has 0 saturated heterocycles. The first kappa shape index (κ1) is 18.9. The number of rotatable bonds is 4. The van der Waals surface area contributed by atoms with Crippen molar-refractivity contribution in [3.05, 3.63) is 66.0 Å². The van der Waals surface area contributed by atoms with Crippen molar-refractivity contribution in [2.24, 2.45) is 0 Å². The number of nitrogens with zero attached hydrogens (tertiary/aromatic N) is 3. The number of nitrogens with one attached hydrogen (secondary N) is 1. The van der Waals surface area contributed by atoms with Gasteiger partial charge in [0.05, 0.1) is 11.0 Å². The van der Waals surface area contributed by atoms with E-state index in [1.54, 1.807) is 29.2 Å². The molecule has 0 atom stereocenters. The van der Waals surface area contributed by atoms with Gasteiger partial charge in [0, 0.05) is 24.3 Å². The van der Waals surface area contributed by atoms with E-state index >= 15 is 0 Å². The lowest BCUT2D eigenvalue weighted by Crippen LogP contribution is -2.39. The van der Waals surface area contributed by atoms with Crippen molar-refractivity contribution in [3.63, 3.8) is 0 Å². The summed E-state index contributed by atoms with van der Waals surface area (Å²) in [5, 5.41) is 3.31. The van der Waals surface area contributed by atoms with Crippen LogP contribution in [0.25, 0.3) is 11.3 Å². The third kappa shape index (κ3) is 3.73. The predicted molar refractivity (Wildman–Crippen MR) is 112 cm³/mol. The molecule has 1 aromatic heterocycles. The minimum atomic E-state index is -0.320. The highest BCUT2D eigenvalue weighted by Gasteiger charge is 2.26. The van der Waals surface area contributed by atoms with Gasteiger partial charge in [-0.1, -0.05) is 22.6 Å². The first-order chi connectivity index (χ1) is 13.5. The number of halogens is 3. The van der Waals surface area contributed by atoms with Crippen LogP contribution in [0.2, 0.25) is 0 Å². The first-order valence-electron chi connectivity index (χ1n) is 8.77. The fourth-order valence-electron chi connectivity index (χ4n) is 3.23. The summed E-state index contributed by atoms with van der Waals surface area (Å²) in [6.45, 7) is 1.60. The average Bonchev–Trinajstić information content (AvgIpc) is 3.07. The predicted octanol–water partition coefficient (Wildman–Crippen LogP) is 4.35. The molecule has 4 rings (SSSR count). The van der Waals surface area contributed by atoms with Gasteiger partial charge in [0.1, 0.15) is 29.0 Å². The van der Waals surface area contributed by atoms with Crippen molar-refractivity contribution in [2.45, 2.75) is 13.1 Å². The Labute approximate surface area is 174 Å². The van der Waals surface area contributed by atoms with Crippen molar-refractivity contribution in [1.82, 2.24) is 14.5 Å². The molecule has 1 N–H and O–H groups in total. The second-order valence-electron chi connectivity index (χ2n) is 6.46. The highest BCUT2D eigenvalue weighted by molar-refractivity contribution is 14.1. The maximum atomic E-state index is 13.4. The summed E-state index contributed by atoms with van der Waals surface area (Å²) >= 11 is 2.06. The molecule has 28 heavy (non-hydrogen) atoms. The van der Waals surface area contributed by atoms with Crippen LogP contribution in [0.1, 0.15) is 5.82 Å². The van der Waals surface area contributed by atoms with E-state index in [9.17, 15) is 13.6 Å². The third-order valence-corrected chi connectivity index (χ3v) is 5.32. The van der Waals surface area contributed by atoms with Gasteiger partial charge in [-0.05, 0) is 48.5 Å². The number of carbonyl (C=O) groups excluding carboxylic acids is 1. The second-order valence-corrected chi connectivity index (χ2v) is 7.23. The number of aromatic nitrogens is 2. The molecule has 5 nitrogen and oxygen atoms in total. The van der Waals surface area contributed by atoms with Crippen LogP contribution >= 0.6 is 22.6 Å². The second kappa shape index (κ2) is 7.86. The lowest BCUT2D eigenvalue weighted by atomic mass is 10.1. The normalized spacial score (nSPS) is 13.3. The van der Waals surface area contributed by atoms with Gasteiger partial charge in [-0.3, -0.25) is 4.79 Å². The monoisotopic (exact) mass is 494 g/mol. The van der Waals surface area contributed by atoms with E-state index in [1.165, 1.54) is 24.3 Å². The molecule has 3 aromatic rings. The number of fused-ring (bicyclic) bond motifs is 1. The van der Waals surface area contributed by atoms with Crippen LogP contribution in [0.4, 0.5) is 20.3 Å². The van der Waals surface area contributed by atoms with Crippen LogP contribution < -0.4 is 5.32 Å². The van der Waals surface area contributed by atoms with E-state index in [-0.39, 0.29) is 17.5 Å². The molecule has 1 aliphatic rings. The van der Waals surface area contributed by atoms with Crippen LogP contribution in [-0.2, 0) is 17.9 Å². The molecule has 0 fully saturated rings. The topological polar surface area (TPSA) is 50.2 Å². The van der Waals surface area contributed by atoms with Crippen molar-refractivity contribution >= 4 is 40.0 Å². The van der Waals surface area contributed by atoms with Gasteiger partial charge in [0.2, 0.25) is 5.91 Å². The maximum absolute atomic E-state index is 13.4. The Bertz CT molecular complexity index is 1000.